The SMILES string of the molecule is CC(=[OH+])CC(C)=[OH+].CC(=[OH+])CC(C)=[OH+].CC(=[OH+])CC(C)=[OH+].[Co]. The van der Waals surface area contributed by atoms with Gasteiger partial charge in [0.25, 0.3) is 0 Å². The second-order valence-corrected chi connectivity index (χ2v) is 4.94. The molecule has 0 aromatic rings. The average Bonchev–Trinajstić information content (AvgIpc) is 2.10. The molecule has 0 unspecified atom stereocenters. The molecule has 0 bridgehead atoms. The molecular formula is C15H30CoO6+6. The molecule has 0 saturated carbocycles. The second-order valence-electron chi connectivity index (χ2n) is 4.94. The number of hydrogen-bond donors (Lipinski definition) is 0. The molecule has 0 aromatic carbocycles. The molecule has 0 rings (SSSR count). The van der Waals surface area contributed by atoms with Gasteiger partial charge in [-0.1, -0.05) is 0 Å². The Bertz CT molecular complexity index is 314. The summed E-state index contributed by atoms with van der Waals surface area (Å²) in [6.45, 7) is 9.33. The number of hydrogen-bond acceptors (Lipinski definition) is 0. The first-order chi connectivity index (χ1) is 9.38. The summed E-state index contributed by atoms with van der Waals surface area (Å²) >= 11 is 0. The first-order valence-corrected chi connectivity index (χ1v) is 6.46. The van der Waals surface area contributed by atoms with Crippen molar-refractivity contribution in [1.82, 2.24) is 0 Å². The molecule has 0 heterocycles. The van der Waals surface area contributed by atoms with E-state index in [0.29, 0.717) is 19.3 Å². The molecule has 0 aliphatic rings. The summed E-state index contributed by atoms with van der Waals surface area (Å²) < 4.78 is 0. The molecule has 0 spiro atoms. The van der Waals surface area contributed by atoms with Gasteiger partial charge in [-0.15, -0.1) is 0 Å². The van der Waals surface area contributed by atoms with Crippen LogP contribution in [0.1, 0.15) is 60.8 Å². The Hall–Kier alpha value is -1.47. The zero-order valence-electron chi connectivity index (χ0n) is 14.1. The van der Waals surface area contributed by atoms with Crippen LogP contribution < -0.4 is 0 Å². The molecule has 0 saturated heterocycles. The van der Waals surface area contributed by atoms with Crippen LogP contribution in [-0.4, -0.2) is 63.5 Å². The van der Waals surface area contributed by atoms with Crippen LogP contribution in [0.5, 0.6) is 0 Å². The van der Waals surface area contributed by atoms with E-state index in [4.69, 9.17) is 28.8 Å². The van der Waals surface area contributed by atoms with Crippen molar-refractivity contribution >= 4 is 34.7 Å². The van der Waals surface area contributed by atoms with E-state index in [-0.39, 0.29) is 51.5 Å². The first kappa shape index (κ1) is 28.7. The number of rotatable bonds is 6. The fraction of sp³-hybridized carbons (Fsp3) is 0.600. The van der Waals surface area contributed by atoms with E-state index < -0.39 is 0 Å². The van der Waals surface area contributed by atoms with Crippen LogP contribution in [0.3, 0.4) is 0 Å². The van der Waals surface area contributed by atoms with Gasteiger partial charge in [-0.2, -0.15) is 0 Å². The molecule has 0 amide bonds. The van der Waals surface area contributed by atoms with Crippen molar-refractivity contribution < 1.29 is 45.5 Å². The largest absolute Gasteiger partial charge is 0.302 e. The Balaban J connectivity index is -0.000000108. The fourth-order valence-electron chi connectivity index (χ4n) is 1.11. The summed E-state index contributed by atoms with van der Waals surface area (Å²) in [5.74, 6) is 1.50. The zero-order valence-corrected chi connectivity index (χ0v) is 15.2. The molecule has 0 fully saturated rings. The molecular weight excluding hydrogens is 335 g/mol. The molecule has 129 valence electrons. The van der Waals surface area contributed by atoms with Crippen LogP contribution in [0.15, 0.2) is 0 Å². The van der Waals surface area contributed by atoms with Gasteiger partial charge in [0.15, 0.2) is 19.3 Å². The standard InChI is InChI=1S/3C5H8O2.Co/c3*1-4(6)3-5(2)7;/h3*3H2,1-2H3;/p+6. The van der Waals surface area contributed by atoms with Crippen LogP contribution in [0.2, 0.25) is 0 Å². The summed E-state index contributed by atoms with van der Waals surface area (Å²) in [4.78, 5) is 50.8. The van der Waals surface area contributed by atoms with Gasteiger partial charge in [0.2, 0.25) is 0 Å². The van der Waals surface area contributed by atoms with E-state index in [2.05, 4.69) is 0 Å². The summed E-state index contributed by atoms with van der Waals surface area (Å²) in [5.41, 5.74) is 0. The topological polar surface area (TPSA) is 128 Å². The molecule has 6 N–H and O–H groups in total. The summed E-state index contributed by atoms with van der Waals surface area (Å²) in [7, 11) is 0. The van der Waals surface area contributed by atoms with E-state index >= 15 is 0 Å². The third-order valence-corrected chi connectivity index (χ3v) is 1.54. The van der Waals surface area contributed by atoms with Crippen molar-refractivity contribution in [2.45, 2.75) is 60.8 Å². The zero-order chi connectivity index (χ0) is 17.6. The molecule has 0 atom stereocenters. The maximum Gasteiger partial charge on any atom is 0.302 e. The van der Waals surface area contributed by atoms with Gasteiger partial charge < -0.3 is 0 Å². The maximum absolute atomic E-state index is 8.46. The minimum absolute atomic E-state index is 0. The molecule has 22 heavy (non-hydrogen) atoms. The smallest absolute Gasteiger partial charge is 0.283 e. The Kier molecular flexibility index (Phi) is 22.9. The van der Waals surface area contributed by atoms with Gasteiger partial charge >= 0.3 is 34.7 Å². The van der Waals surface area contributed by atoms with Crippen molar-refractivity contribution in [1.29, 1.82) is 0 Å². The Labute approximate surface area is 141 Å². The normalized spacial score (nSPS) is 7.91. The van der Waals surface area contributed by atoms with E-state index in [0.717, 1.165) is 0 Å². The Morgan fingerprint density at radius 2 is 0.500 bits per heavy atom. The number of ketones is 6. The molecule has 0 aliphatic heterocycles. The van der Waals surface area contributed by atoms with Gasteiger partial charge in [-0.25, -0.2) is 0 Å². The third-order valence-electron chi connectivity index (χ3n) is 1.54. The molecule has 0 aliphatic carbocycles. The minimum atomic E-state index is 0. The number of carbonyl (C=O) groups excluding carboxylic acids is 6. The van der Waals surface area contributed by atoms with Gasteiger partial charge in [0.1, 0.15) is 0 Å². The summed E-state index contributed by atoms with van der Waals surface area (Å²) in [5, 5.41) is 0. The minimum Gasteiger partial charge on any atom is -0.283 e. The van der Waals surface area contributed by atoms with Crippen molar-refractivity contribution in [3.8, 4) is 0 Å². The van der Waals surface area contributed by atoms with Gasteiger partial charge in [0, 0.05) is 58.3 Å². The monoisotopic (exact) mass is 365 g/mol. The fourth-order valence-corrected chi connectivity index (χ4v) is 1.11. The first-order valence-electron chi connectivity index (χ1n) is 6.46. The molecule has 7 heteroatoms. The molecule has 1 radical (unpaired) electrons. The van der Waals surface area contributed by atoms with E-state index in [1.165, 1.54) is 0 Å². The van der Waals surface area contributed by atoms with E-state index in [9.17, 15) is 0 Å². The third kappa shape index (κ3) is 51.4. The average molecular weight is 365 g/mol. The summed E-state index contributed by atoms with van der Waals surface area (Å²) in [6.07, 6.45) is 0.917. The van der Waals surface area contributed by atoms with Crippen molar-refractivity contribution in [3.63, 3.8) is 0 Å². The predicted octanol–water partition coefficient (Wildman–Crippen LogP) is 1.52. The van der Waals surface area contributed by atoms with Crippen LogP contribution in [0, 0.1) is 0 Å². The summed E-state index contributed by atoms with van der Waals surface area (Å²) in [6, 6.07) is 0. The Morgan fingerprint density at radius 3 is 0.500 bits per heavy atom. The molecule has 6 nitrogen and oxygen atoms in total. The maximum atomic E-state index is 8.46. The Morgan fingerprint density at radius 1 is 0.409 bits per heavy atom. The molecule has 0 aromatic heterocycles. The van der Waals surface area contributed by atoms with Crippen LogP contribution >= 0.6 is 0 Å². The quantitative estimate of drug-likeness (QED) is 0.499. The van der Waals surface area contributed by atoms with Crippen LogP contribution in [0.25, 0.3) is 0 Å². The van der Waals surface area contributed by atoms with E-state index in [1.807, 2.05) is 0 Å². The second kappa shape index (κ2) is 17.6. The van der Waals surface area contributed by atoms with Crippen molar-refractivity contribution in [2.75, 3.05) is 0 Å². The van der Waals surface area contributed by atoms with Crippen LogP contribution in [0.4, 0.5) is 0 Å². The predicted molar refractivity (Wildman–Crippen MR) is 89.6 cm³/mol. The van der Waals surface area contributed by atoms with Crippen molar-refractivity contribution in [3.05, 3.63) is 0 Å². The van der Waals surface area contributed by atoms with Gasteiger partial charge in [-0.05, 0) is 0 Å². The van der Waals surface area contributed by atoms with Gasteiger partial charge in [-0.3, -0.25) is 28.8 Å². The van der Waals surface area contributed by atoms with Crippen molar-refractivity contribution in [2.24, 2.45) is 0 Å². The van der Waals surface area contributed by atoms with Gasteiger partial charge in [0.05, 0.1) is 0 Å². The van der Waals surface area contributed by atoms with E-state index in [1.54, 1.807) is 41.5 Å². The van der Waals surface area contributed by atoms with Crippen LogP contribution in [-0.2, 0) is 16.8 Å².